The average Bonchev–Trinajstić information content (AvgIpc) is 2.38. The molecule has 104 valence electrons. The zero-order chi connectivity index (χ0) is 14.8. The molecule has 7 heteroatoms. The molecule has 1 aromatic rings. The molecule has 0 aromatic heterocycles. The lowest BCUT2D eigenvalue weighted by atomic mass is 10.1. The Hall–Kier alpha value is -1.49. The molecule has 1 aromatic carbocycles. The van der Waals surface area contributed by atoms with Crippen molar-refractivity contribution < 1.29 is 17.9 Å². The van der Waals surface area contributed by atoms with Gasteiger partial charge in [0.25, 0.3) is 0 Å². The van der Waals surface area contributed by atoms with E-state index in [1.54, 1.807) is 19.9 Å². The van der Waals surface area contributed by atoms with Crippen LogP contribution >= 0.6 is 0 Å². The van der Waals surface area contributed by atoms with Crippen LogP contribution in [0.2, 0.25) is 0 Å². The van der Waals surface area contributed by atoms with E-state index in [-0.39, 0.29) is 17.1 Å². The predicted octanol–water partition coefficient (Wildman–Crippen LogP) is 1.09. The predicted molar refractivity (Wildman–Crippen MR) is 67.2 cm³/mol. The van der Waals surface area contributed by atoms with E-state index in [0.717, 1.165) is 22.5 Å². The smallest absolute Gasteiger partial charge is 0.243 e. The largest absolute Gasteiger partial charge is 0.394 e. The van der Waals surface area contributed by atoms with Gasteiger partial charge in [-0.15, -0.1) is 0 Å². The van der Waals surface area contributed by atoms with Crippen LogP contribution in [0, 0.1) is 17.1 Å². The summed E-state index contributed by atoms with van der Waals surface area (Å²) in [7, 11) is -2.58. The molecule has 0 spiro atoms. The third-order valence-corrected chi connectivity index (χ3v) is 5.02. The molecule has 0 radical (unpaired) electrons. The Morgan fingerprint density at radius 1 is 1.47 bits per heavy atom. The number of hydrogen-bond donors (Lipinski definition) is 1. The molecule has 0 bridgehead atoms. The van der Waals surface area contributed by atoms with Crippen molar-refractivity contribution in [2.24, 2.45) is 0 Å². The molecule has 0 saturated carbocycles. The van der Waals surface area contributed by atoms with Crippen LogP contribution < -0.4 is 0 Å². The molecule has 5 nitrogen and oxygen atoms in total. The van der Waals surface area contributed by atoms with E-state index in [9.17, 15) is 17.9 Å². The van der Waals surface area contributed by atoms with Crippen molar-refractivity contribution in [1.82, 2.24) is 4.31 Å². The van der Waals surface area contributed by atoms with E-state index in [1.165, 1.54) is 7.05 Å². The van der Waals surface area contributed by atoms with Crippen LogP contribution in [-0.4, -0.2) is 37.0 Å². The van der Waals surface area contributed by atoms with Gasteiger partial charge in [-0.05, 0) is 32.0 Å². The van der Waals surface area contributed by atoms with Crippen molar-refractivity contribution in [2.75, 3.05) is 13.7 Å². The highest BCUT2D eigenvalue weighted by Gasteiger charge is 2.33. The Bertz CT molecular complexity index is 620. The number of hydrogen-bond acceptors (Lipinski definition) is 4. The van der Waals surface area contributed by atoms with Crippen LogP contribution in [0.4, 0.5) is 4.39 Å². The standard InChI is InChI=1S/C12H15FN2O3S/c1-12(2,8-16)15(3)19(17,18)10-4-5-11(13)9(6-10)7-14/h4-6,16H,8H2,1-3H3. The van der Waals surface area contributed by atoms with Crippen molar-refractivity contribution in [3.63, 3.8) is 0 Å². The fraction of sp³-hybridized carbons (Fsp3) is 0.417. The quantitative estimate of drug-likeness (QED) is 0.898. The van der Waals surface area contributed by atoms with Gasteiger partial charge in [-0.1, -0.05) is 0 Å². The highest BCUT2D eigenvalue weighted by atomic mass is 32.2. The second-order valence-corrected chi connectivity index (χ2v) is 6.67. The maximum atomic E-state index is 13.2. The van der Waals surface area contributed by atoms with Crippen molar-refractivity contribution >= 4 is 10.0 Å². The fourth-order valence-electron chi connectivity index (χ4n) is 1.33. The third-order valence-electron chi connectivity index (χ3n) is 2.96. The monoisotopic (exact) mass is 286 g/mol. The van der Waals surface area contributed by atoms with Crippen molar-refractivity contribution in [1.29, 1.82) is 5.26 Å². The zero-order valence-electron chi connectivity index (χ0n) is 10.9. The number of benzene rings is 1. The number of halogens is 1. The van der Waals surface area contributed by atoms with Crippen LogP contribution in [0.3, 0.4) is 0 Å². The van der Waals surface area contributed by atoms with Crippen LogP contribution in [-0.2, 0) is 10.0 Å². The Morgan fingerprint density at radius 3 is 2.53 bits per heavy atom. The maximum Gasteiger partial charge on any atom is 0.243 e. The van der Waals surface area contributed by atoms with Gasteiger partial charge in [-0.25, -0.2) is 12.8 Å². The molecule has 0 unspecified atom stereocenters. The minimum Gasteiger partial charge on any atom is -0.394 e. The second-order valence-electron chi connectivity index (χ2n) is 4.70. The number of aliphatic hydroxyl groups is 1. The normalized spacial score (nSPS) is 12.5. The van der Waals surface area contributed by atoms with Gasteiger partial charge < -0.3 is 5.11 Å². The first-order valence-electron chi connectivity index (χ1n) is 5.46. The first kappa shape index (κ1) is 15.6. The molecule has 0 aliphatic heterocycles. The summed E-state index contributed by atoms with van der Waals surface area (Å²) < 4.78 is 38.8. The third kappa shape index (κ3) is 2.92. The topological polar surface area (TPSA) is 81.4 Å². The van der Waals surface area contributed by atoms with E-state index in [2.05, 4.69) is 0 Å². The van der Waals surface area contributed by atoms with Crippen molar-refractivity contribution in [2.45, 2.75) is 24.3 Å². The number of likely N-dealkylation sites (N-methyl/N-ethyl adjacent to an activating group) is 1. The lowest BCUT2D eigenvalue weighted by Gasteiger charge is -2.32. The van der Waals surface area contributed by atoms with Crippen molar-refractivity contribution in [3.8, 4) is 6.07 Å². The summed E-state index contributed by atoms with van der Waals surface area (Å²) in [6, 6.07) is 4.60. The van der Waals surface area contributed by atoms with E-state index in [0.29, 0.717) is 0 Å². The summed E-state index contributed by atoms with van der Waals surface area (Å²) in [5.41, 5.74) is -1.34. The molecule has 0 atom stereocenters. The summed E-state index contributed by atoms with van der Waals surface area (Å²) in [4.78, 5) is -0.186. The Morgan fingerprint density at radius 2 is 2.05 bits per heavy atom. The Kier molecular flexibility index (Phi) is 4.30. The minimum atomic E-state index is -3.90. The van der Waals surface area contributed by atoms with Crippen molar-refractivity contribution in [3.05, 3.63) is 29.6 Å². The molecule has 1 rings (SSSR count). The molecule has 0 heterocycles. The van der Waals surface area contributed by atoms with Crippen LogP contribution in [0.25, 0.3) is 0 Å². The highest BCUT2D eigenvalue weighted by Crippen LogP contribution is 2.23. The molecule has 0 fully saturated rings. The summed E-state index contributed by atoms with van der Waals surface area (Å²) in [6.07, 6.45) is 0. The van der Waals surface area contributed by atoms with Gasteiger partial charge in [0.15, 0.2) is 0 Å². The molecular weight excluding hydrogens is 271 g/mol. The number of aliphatic hydroxyl groups excluding tert-OH is 1. The Labute approximate surface area is 111 Å². The molecule has 19 heavy (non-hydrogen) atoms. The first-order chi connectivity index (χ1) is 8.66. The van der Waals surface area contributed by atoms with Gasteiger partial charge in [0.2, 0.25) is 10.0 Å². The average molecular weight is 286 g/mol. The lowest BCUT2D eigenvalue weighted by molar-refractivity contribution is 0.138. The summed E-state index contributed by atoms with van der Waals surface area (Å²) in [6.45, 7) is 2.74. The molecular formula is C12H15FN2O3S. The SMILES string of the molecule is CN(C(C)(C)CO)S(=O)(=O)c1ccc(F)c(C#N)c1. The molecule has 0 aliphatic rings. The number of sulfonamides is 1. The number of rotatable bonds is 4. The lowest BCUT2D eigenvalue weighted by Crippen LogP contribution is -2.47. The second kappa shape index (κ2) is 5.25. The summed E-state index contributed by atoms with van der Waals surface area (Å²) in [5.74, 6) is -0.773. The van der Waals surface area contributed by atoms with Crippen LogP contribution in [0.5, 0.6) is 0 Å². The first-order valence-corrected chi connectivity index (χ1v) is 6.90. The zero-order valence-corrected chi connectivity index (χ0v) is 11.7. The van der Waals surface area contributed by atoms with Gasteiger partial charge in [-0.2, -0.15) is 9.57 Å². The Balaban J connectivity index is 3.33. The molecule has 1 N–H and O–H groups in total. The van der Waals surface area contributed by atoms with Gasteiger partial charge in [-0.3, -0.25) is 0 Å². The fourth-order valence-corrected chi connectivity index (χ4v) is 2.86. The summed E-state index contributed by atoms with van der Waals surface area (Å²) in [5, 5.41) is 17.9. The minimum absolute atomic E-state index is 0.186. The molecule has 0 saturated heterocycles. The maximum absolute atomic E-state index is 13.2. The number of nitrogens with zero attached hydrogens (tertiary/aromatic N) is 2. The highest BCUT2D eigenvalue weighted by molar-refractivity contribution is 7.89. The van der Waals surface area contributed by atoms with Gasteiger partial charge in [0.1, 0.15) is 11.9 Å². The van der Waals surface area contributed by atoms with E-state index in [1.807, 2.05) is 0 Å². The van der Waals surface area contributed by atoms with Gasteiger partial charge in [0, 0.05) is 7.05 Å². The van der Waals surface area contributed by atoms with E-state index < -0.39 is 21.4 Å². The molecule has 0 amide bonds. The van der Waals surface area contributed by atoms with Gasteiger partial charge in [0.05, 0.1) is 22.6 Å². The van der Waals surface area contributed by atoms with E-state index >= 15 is 0 Å². The molecule has 0 aliphatic carbocycles. The number of nitriles is 1. The van der Waals surface area contributed by atoms with Crippen LogP contribution in [0.15, 0.2) is 23.1 Å². The van der Waals surface area contributed by atoms with Gasteiger partial charge >= 0.3 is 0 Å². The van der Waals surface area contributed by atoms with Crippen LogP contribution in [0.1, 0.15) is 19.4 Å². The van der Waals surface area contributed by atoms with E-state index in [4.69, 9.17) is 5.26 Å². The summed E-state index contributed by atoms with van der Waals surface area (Å²) >= 11 is 0.